The topological polar surface area (TPSA) is 77.7 Å². The number of aromatic nitrogens is 5. The van der Waals surface area contributed by atoms with Crippen molar-refractivity contribution in [3.05, 3.63) is 44.7 Å². The Bertz CT molecular complexity index is 1070. The van der Waals surface area contributed by atoms with Gasteiger partial charge in [0.15, 0.2) is 14.0 Å². The zero-order valence-electron chi connectivity index (χ0n) is 17.6. The molecule has 0 unspecified atom stereocenters. The summed E-state index contributed by atoms with van der Waals surface area (Å²) in [4.78, 5) is 20.1. The molecule has 0 aliphatic heterocycles. The zero-order valence-corrected chi connectivity index (χ0v) is 19.3. The average molecular weight is 422 g/mol. The third kappa shape index (κ3) is 3.81. The number of hydrogen-bond donors (Lipinski definition) is 1. The molecule has 28 heavy (non-hydrogen) atoms. The first-order chi connectivity index (χ1) is 12.9. The normalized spacial score (nSPS) is 12.9. The minimum absolute atomic E-state index is 0.103. The van der Waals surface area contributed by atoms with Crippen LogP contribution in [0.1, 0.15) is 37.6 Å². The Morgan fingerprint density at radius 2 is 2.00 bits per heavy atom. The standard InChI is InChI=1S/C19H28ClN5O2Si/c1-12-14(11-27-28(6,7)19(2,3)4)15(20)16-17(22-12)25(18(26)23-16)10-13-8-21-24(5)9-13/h8-9H,10-11H2,1-7H3,(H,23,26). The molecular weight excluding hydrogens is 394 g/mol. The molecule has 0 aromatic carbocycles. The first-order valence-electron chi connectivity index (χ1n) is 9.29. The Labute approximate surface area is 170 Å². The maximum Gasteiger partial charge on any atom is 0.328 e. The molecule has 9 heteroatoms. The van der Waals surface area contributed by atoms with Gasteiger partial charge in [0.1, 0.15) is 5.52 Å². The molecule has 0 aliphatic rings. The fourth-order valence-electron chi connectivity index (χ4n) is 2.79. The second kappa shape index (κ2) is 7.17. The number of pyridine rings is 1. The lowest BCUT2D eigenvalue weighted by Gasteiger charge is -2.36. The maximum atomic E-state index is 12.5. The van der Waals surface area contributed by atoms with Gasteiger partial charge in [-0.25, -0.2) is 9.78 Å². The Morgan fingerprint density at radius 1 is 1.32 bits per heavy atom. The number of imidazole rings is 1. The number of nitrogens with zero attached hydrogens (tertiary/aromatic N) is 4. The predicted octanol–water partition coefficient (Wildman–Crippen LogP) is 3.99. The largest absolute Gasteiger partial charge is 0.412 e. The van der Waals surface area contributed by atoms with Crippen molar-refractivity contribution < 1.29 is 4.43 Å². The summed E-state index contributed by atoms with van der Waals surface area (Å²) in [6.45, 7) is 13.7. The molecule has 3 aromatic rings. The molecule has 0 spiro atoms. The van der Waals surface area contributed by atoms with Gasteiger partial charge in [0.25, 0.3) is 0 Å². The van der Waals surface area contributed by atoms with E-state index < -0.39 is 8.32 Å². The van der Waals surface area contributed by atoms with E-state index in [4.69, 9.17) is 16.0 Å². The summed E-state index contributed by atoms with van der Waals surface area (Å²) in [5.41, 5.74) is 3.38. The highest BCUT2D eigenvalue weighted by molar-refractivity contribution is 6.74. The summed E-state index contributed by atoms with van der Waals surface area (Å²) < 4.78 is 9.62. The highest BCUT2D eigenvalue weighted by Crippen LogP contribution is 2.38. The molecule has 3 heterocycles. The van der Waals surface area contributed by atoms with Gasteiger partial charge in [0.2, 0.25) is 0 Å². The van der Waals surface area contributed by atoms with E-state index in [0.717, 1.165) is 16.8 Å². The summed E-state index contributed by atoms with van der Waals surface area (Å²) in [7, 11) is -0.0855. The summed E-state index contributed by atoms with van der Waals surface area (Å²) in [5, 5.41) is 4.76. The van der Waals surface area contributed by atoms with Gasteiger partial charge in [-0.05, 0) is 25.1 Å². The van der Waals surface area contributed by atoms with Crippen LogP contribution in [0.5, 0.6) is 0 Å². The van der Waals surface area contributed by atoms with E-state index in [2.05, 4.69) is 48.9 Å². The summed E-state index contributed by atoms with van der Waals surface area (Å²) in [5.74, 6) is 0. The highest BCUT2D eigenvalue weighted by Gasteiger charge is 2.37. The molecule has 152 valence electrons. The molecule has 1 N–H and O–H groups in total. The van der Waals surface area contributed by atoms with Crippen LogP contribution in [-0.4, -0.2) is 32.6 Å². The van der Waals surface area contributed by atoms with Gasteiger partial charge in [-0.2, -0.15) is 5.10 Å². The van der Waals surface area contributed by atoms with E-state index in [-0.39, 0.29) is 10.7 Å². The van der Waals surface area contributed by atoms with Crippen molar-refractivity contribution in [2.24, 2.45) is 7.05 Å². The van der Waals surface area contributed by atoms with Gasteiger partial charge in [-0.3, -0.25) is 9.25 Å². The first kappa shape index (κ1) is 20.8. The number of H-pyrrole nitrogens is 1. The third-order valence-corrected chi connectivity index (χ3v) is 10.5. The second-order valence-corrected chi connectivity index (χ2v) is 14.0. The van der Waals surface area contributed by atoms with Crippen molar-refractivity contribution in [3.63, 3.8) is 0 Å². The highest BCUT2D eigenvalue weighted by atomic mass is 35.5. The number of aromatic amines is 1. The fraction of sp³-hybridized carbons (Fsp3) is 0.526. The molecule has 3 rings (SSSR count). The molecule has 0 saturated heterocycles. The van der Waals surface area contributed by atoms with Crippen LogP contribution in [-0.2, 0) is 24.6 Å². The molecule has 7 nitrogen and oxygen atoms in total. The van der Waals surface area contributed by atoms with E-state index in [1.54, 1.807) is 15.4 Å². The molecule has 0 atom stereocenters. The van der Waals surface area contributed by atoms with E-state index in [1.165, 1.54) is 0 Å². The van der Waals surface area contributed by atoms with Crippen LogP contribution in [0, 0.1) is 6.92 Å². The molecule has 0 saturated carbocycles. The fourth-order valence-corrected chi connectivity index (χ4v) is 4.05. The Kier molecular flexibility index (Phi) is 5.33. The zero-order chi connectivity index (χ0) is 20.9. The lowest BCUT2D eigenvalue weighted by atomic mass is 10.2. The van der Waals surface area contributed by atoms with E-state index in [0.29, 0.717) is 29.3 Å². The van der Waals surface area contributed by atoms with Crippen LogP contribution in [0.15, 0.2) is 17.2 Å². The monoisotopic (exact) mass is 421 g/mol. The van der Waals surface area contributed by atoms with E-state index >= 15 is 0 Å². The number of nitrogens with one attached hydrogen (secondary N) is 1. The third-order valence-electron chi connectivity index (χ3n) is 5.63. The van der Waals surface area contributed by atoms with Crippen molar-refractivity contribution in [1.29, 1.82) is 0 Å². The van der Waals surface area contributed by atoms with Crippen molar-refractivity contribution in [3.8, 4) is 0 Å². The first-order valence-corrected chi connectivity index (χ1v) is 12.6. The molecule has 0 bridgehead atoms. The lowest BCUT2D eigenvalue weighted by molar-refractivity contribution is 0.275. The second-order valence-electron chi connectivity index (χ2n) is 8.78. The molecule has 3 aromatic heterocycles. The van der Waals surface area contributed by atoms with Crippen LogP contribution in [0.2, 0.25) is 23.2 Å². The quantitative estimate of drug-likeness (QED) is 0.632. The van der Waals surface area contributed by atoms with Crippen molar-refractivity contribution in [2.45, 2.75) is 59.0 Å². The number of halogens is 1. The van der Waals surface area contributed by atoms with Crippen molar-refractivity contribution >= 4 is 31.1 Å². The minimum atomic E-state index is -1.93. The van der Waals surface area contributed by atoms with Crippen LogP contribution in [0.4, 0.5) is 0 Å². The number of aryl methyl sites for hydroxylation is 2. The Hall–Kier alpha value is -1.90. The van der Waals surface area contributed by atoms with Crippen LogP contribution < -0.4 is 5.69 Å². The lowest BCUT2D eigenvalue weighted by Crippen LogP contribution is -2.40. The minimum Gasteiger partial charge on any atom is -0.412 e. The van der Waals surface area contributed by atoms with Gasteiger partial charge in [0.05, 0.1) is 24.4 Å². The molecule has 0 fully saturated rings. The predicted molar refractivity (Wildman–Crippen MR) is 114 cm³/mol. The summed E-state index contributed by atoms with van der Waals surface area (Å²) >= 11 is 6.68. The van der Waals surface area contributed by atoms with Crippen LogP contribution >= 0.6 is 11.6 Å². The Balaban J connectivity index is 1.98. The summed E-state index contributed by atoms with van der Waals surface area (Å²) in [6.07, 6.45) is 3.61. The van der Waals surface area contributed by atoms with Gasteiger partial charge in [-0.1, -0.05) is 32.4 Å². The van der Waals surface area contributed by atoms with E-state index in [1.807, 2.05) is 20.2 Å². The van der Waals surface area contributed by atoms with E-state index in [9.17, 15) is 4.79 Å². The van der Waals surface area contributed by atoms with Gasteiger partial charge >= 0.3 is 5.69 Å². The van der Waals surface area contributed by atoms with Crippen molar-refractivity contribution in [2.75, 3.05) is 0 Å². The summed E-state index contributed by atoms with van der Waals surface area (Å²) in [6, 6.07) is 0. The smallest absolute Gasteiger partial charge is 0.328 e. The van der Waals surface area contributed by atoms with Crippen molar-refractivity contribution in [1.82, 2.24) is 24.3 Å². The van der Waals surface area contributed by atoms with Gasteiger partial charge < -0.3 is 9.41 Å². The Morgan fingerprint density at radius 3 is 2.57 bits per heavy atom. The van der Waals surface area contributed by atoms with Gasteiger partial charge in [-0.15, -0.1) is 0 Å². The maximum absolute atomic E-state index is 12.5. The van der Waals surface area contributed by atoms with Gasteiger partial charge in [0, 0.05) is 30.1 Å². The van der Waals surface area contributed by atoms with Crippen LogP contribution in [0.25, 0.3) is 11.2 Å². The number of hydrogen-bond acceptors (Lipinski definition) is 4. The molecule has 0 radical (unpaired) electrons. The average Bonchev–Trinajstić information content (AvgIpc) is 3.11. The van der Waals surface area contributed by atoms with Crippen LogP contribution in [0.3, 0.4) is 0 Å². The number of rotatable bonds is 5. The molecular formula is C19H28ClN5O2Si. The molecule has 0 aliphatic carbocycles. The number of fused-ring (bicyclic) bond motifs is 1. The SMILES string of the molecule is Cc1nc2c([nH]c(=O)n2Cc2cnn(C)c2)c(Cl)c1CO[Si](C)(C)C(C)(C)C. The molecule has 0 amide bonds.